The lowest BCUT2D eigenvalue weighted by molar-refractivity contribution is 0.169. The van der Waals surface area contributed by atoms with Crippen LogP contribution in [0.4, 0.5) is 4.39 Å². The third-order valence-corrected chi connectivity index (χ3v) is 2.57. The minimum absolute atomic E-state index is 0.181. The molecule has 1 fully saturated rings. The molecule has 12 heavy (non-hydrogen) atoms. The second-order valence-electron chi connectivity index (χ2n) is 3.84. The zero-order valence-corrected chi connectivity index (χ0v) is 7.80. The Kier molecular flexibility index (Phi) is 3.95. The van der Waals surface area contributed by atoms with E-state index in [0.717, 1.165) is 13.1 Å². The minimum Gasteiger partial charge on any atom is -0.328 e. The number of hydrogen-bond acceptors (Lipinski definition) is 2. The van der Waals surface area contributed by atoms with Gasteiger partial charge in [0.15, 0.2) is 0 Å². The van der Waals surface area contributed by atoms with Gasteiger partial charge >= 0.3 is 0 Å². The molecule has 1 saturated heterocycles. The van der Waals surface area contributed by atoms with Gasteiger partial charge in [-0.3, -0.25) is 0 Å². The molecule has 0 aromatic rings. The van der Waals surface area contributed by atoms with E-state index >= 15 is 0 Å². The Bertz CT molecular complexity index is 130. The molecule has 0 aromatic heterocycles. The van der Waals surface area contributed by atoms with Gasteiger partial charge in [-0.2, -0.15) is 0 Å². The highest BCUT2D eigenvalue weighted by molar-refractivity contribution is 4.73. The second-order valence-corrected chi connectivity index (χ2v) is 3.84. The van der Waals surface area contributed by atoms with Crippen LogP contribution in [0.25, 0.3) is 0 Å². The lowest BCUT2D eigenvalue weighted by Crippen LogP contribution is -2.34. The first kappa shape index (κ1) is 9.93. The normalized spacial score (nSPS) is 28.8. The maximum Gasteiger partial charge on any atom is 0.113 e. The Morgan fingerprint density at radius 1 is 1.67 bits per heavy atom. The smallest absolute Gasteiger partial charge is 0.113 e. The van der Waals surface area contributed by atoms with E-state index < -0.39 is 6.17 Å². The average molecular weight is 174 g/mol. The molecule has 2 nitrogen and oxygen atoms in total. The molecule has 0 amide bonds. The first-order chi connectivity index (χ1) is 5.72. The summed E-state index contributed by atoms with van der Waals surface area (Å²) in [7, 11) is 2.10. The van der Waals surface area contributed by atoms with Gasteiger partial charge in [0.1, 0.15) is 6.17 Å². The first-order valence-electron chi connectivity index (χ1n) is 4.75. The molecule has 0 radical (unpaired) electrons. The van der Waals surface area contributed by atoms with Crippen LogP contribution in [0.1, 0.15) is 19.3 Å². The van der Waals surface area contributed by atoms with Crippen molar-refractivity contribution in [3.8, 4) is 0 Å². The summed E-state index contributed by atoms with van der Waals surface area (Å²) < 4.78 is 12.9. The number of alkyl halides is 1. The van der Waals surface area contributed by atoms with Crippen LogP contribution in [0, 0.1) is 5.92 Å². The van der Waals surface area contributed by atoms with E-state index in [1.54, 1.807) is 0 Å². The van der Waals surface area contributed by atoms with E-state index in [1.807, 2.05) is 0 Å². The van der Waals surface area contributed by atoms with Crippen LogP contribution in [-0.4, -0.2) is 37.8 Å². The fraction of sp³-hybridized carbons (Fsp3) is 1.00. The summed E-state index contributed by atoms with van der Waals surface area (Å²) in [5.41, 5.74) is 5.24. The molecule has 3 heteroatoms. The number of likely N-dealkylation sites (tertiary alicyclic amines) is 1. The lowest BCUT2D eigenvalue weighted by Gasteiger charge is -2.30. The Morgan fingerprint density at radius 2 is 2.42 bits per heavy atom. The van der Waals surface area contributed by atoms with E-state index in [-0.39, 0.29) is 6.54 Å². The highest BCUT2D eigenvalue weighted by Gasteiger charge is 2.20. The van der Waals surface area contributed by atoms with Crippen LogP contribution >= 0.6 is 0 Å². The molecule has 1 aliphatic rings. The Hall–Kier alpha value is -0.150. The average Bonchev–Trinajstić information content (AvgIpc) is 2.04. The van der Waals surface area contributed by atoms with Crippen molar-refractivity contribution in [2.24, 2.45) is 11.7 Å². The van der Waals surface area contributed by atoms with Gasteiger partial charge in [0, 0.05) is 13.1 Å². The van der Waals surface area contributed by atoms with E-state index in [1.165, 1.54) is 12.8 Å². The maximum absolute atomic E-state index is 12.9. The largest absolute Gasteiger partial charge is 0.328 e. The van der Waals surface area contributed by atoms with Crippen LogP contribution < -0.4 is 5.73 Å². The topological polar surface area (TPSA) is 29.3 Å². The van der Waals surface area contributed by atoms with Crippen molar-refractivity contribution < 1.29 is 4.39 Å². The minimum atomic E-state index is -0.790. The molecular formula is C9H19FN2. The first-order valence-corrected chi connectivity index (χ1v) is 4.75. The molecular weight excluding hydrogens is 155 g/mol. The molecule has 2 atom stereocenters. The van der Waals surface area contributed by atoms with Crippen molar-refractivity contribution in [3.05, 3.63) is 0 Å². The number of piperidine rings is 1. The molecule has 0 saturated carbocycles. The molecule has 1 heterocycles. The summed E-state index contributed by atoms with van der Waals surface area (Å²) in [5, 5.41) is 0. The molecule has 72 valence electrons. The fourth-order valence-corrected chi connectivity index (χ4v) is 1.92. The number of nitrogens with two attached hydrogens (primary N) is 1. The fourth-order valence-electron chi connectivity index (χ4n) is 1.92. The van der Waals surface area contributed by atoms with Crippen LogP contribution in [0.5, 0.6) is 0 Å². The van der Waals surface area contributed by atoms with Gasteiger partial charge in [0.25, 0.3) is 0 Å². The van der Waals surface area contributed by atoms with Crippen LogP contribution in [0.15, 0.2) is 0 Å². The number of halogens is 1. The third-order valence-electron chi connectivity index (χ3n) is 2.57. The van der Waals surface area contributed by atoms with Crippen LogP contribution in [-0.2, 0) is 0 Å². The summed E-state index contributed by atoms with van der Waals surface area (Å²) in [4.78, 5) is 2.28. The molecule has 0 aliphatic carbocycles. The maximum atomic E-state index is 12.9. The Morgan fingerprint density at radius 3 is 3.00 bits per heavy atom. The van der Waals surface area contributed by atoms with Gasteiger partial charge in [-0.25, -0.2) is 4.39 Å². The summed E-state index contributed by atoms with van der Waals surface area (Å²) >= 11 is 0. The molecule has 0 spiro atoms. The zero-order chi connectivity index (χ0) is 8.97. The number of hydrogen-bond donors (Lipinski definition) is 1. The van der Waals surface area contributed by atoms with Gasteiger partial charge in [0.05, 0.1) is 0 Å². The van der Waals surface area contributed by atoms with Gasteiger partial charge in [-0.05, 0) is 38.8 Å². The van der Waals surface area contributed by atoms with E-state index in [0.29, 0.717) is 12.3 Å². The van der Waals surface area contributed by atoms with Gasteiger partial charge in [-0.1, -0.05) is 0 Å². The molecule has 0 aromatic carbocycles. The van der Waals surface area contributed by atoms with E-state index in [9.17, 15) is 4.39 Å². The third kappa shape index (κ3) is 3.07. The monoisotopic (exact) mass is 174 g/mol. The molecule has 1 rings (SSSR count). The van der Waals surface area contributed by atoms with Gasteiger partial charge in [-0.15, -0.1) is 0 Å². The van der Waals surface area contributed by atoms with Crippen molar-refractivity contribution in [2.75, 3.05) is 26.7 Å². The van der Waals surface area contributed by atoms with Crippen molar-refractivity contribution >= 4 is 0 Å². The molecule has 1 aliphatic heterocycles. The standard InChI is InChI=1S/C9H19FN2/c1-12-4-2-3-8(7-12)5-9(10)6-11/h8-9H,2-7,11H2,1H3. The lowest BCUT2D eigenvalue weighted by atomic mass is 9.93. The van der Waals surface area contributed by atoms with Crippen LogP contribution in [0.3, 0.4) is 0 Å². The number of rotatable bonds is 3. The molecule has 0 bridgehead atoms. The Labute approximate surface area is 73.9 Å². The predicted octanol–water partition coefficient (Wildman–Crippen LogP) is 1.02. The summed E-state index contributed by atoms with van der Waals surface area (Å²) in [6.07, 6.45) is 2.24. The predicted molar refractivity (Wildman–Crippen MR) is 48.8 cm³/mol. The van der Waals surface area contributed by atoms with Crippen molar-refractivity contribution in [2.45, 2.75) is 25.4 Å². The SMILES string of the molecule is CN1CCCC(CC(F)CN)C1. The summed E-state index contributed by atoms with van der Waals surface area (Å²) in [6.45, 7) is 2.39. The highest BCUT2D eigenvalue weighted by atomic mass is 19.1. The Balaban J connectivity index is 2.22. The van der Waals surface area contributed by atoms with Gasteiger partial charge in [0.2, 0.25) is 0 Å². The highest BCUT2D eigenvalue weighted by Crippen LogP contribution is 2.20. The van der Waals surface area contributed by atoms with Crippen molar-refractivity contribution in [1.82, 2.24) is 4.90 Å². The summed E-state index contributed by atoms with van der Waals surface area (Å²) in [6, 6.07) is 0. The van der Waals surface area contributed by atoms with Crippen molar-refractivity contribution in [3.63, 3.8) is 0 Å². The molecule has 2 unspecified atom stereocenters. The summed E-state index contributed by atoms with van der Waals surface area (Å²) in [5.74, 6) is 0.530. The van der Waals surface area contributed by atoms with Crippen molar-refractivity contribution in [1.29, 1.82) is 0 Å². The van der Waals surface area contributed by atoms with E-state index in [4.69, 9.17) is 5.73 Å². The zero-order valence-electron chi connectivity index (χ0n) is 7.80. The second kappa shape index (κ2) is 4.77. The van der Waals surface area contributed by atoms with Crippen LogP contribution in [0.2, 0.25) is 0 Å². The number of nitrogens with zero attached hydrogens (tertiary/aromatic N) is 1. The van der Waals surface area contributed by atoms with Gasteiger partial charge < -0.3 is 10.6 Å². The molecule has 2 N–H and O–H groups in total. The quantitative estimate of drug-likeness (QED) is 0.692. The van der Waals surface area contributed by atoms with E-state index in [2.05, 4.69) is 11.9 Å².